The Bertz CT molecular complexity index is 439. The third kappa shape index (κ3) is 2.97. The number of aryl methyl sites for hydroxylation is 1. The van der Waals surface area contributed by atoms with Gasteiger partial charge in [0.25, 0.3) is 5.91 Å². The number of rotatable bonds is 3. The first-order valence-corrected chi connectivity index (χ1v) is 6.40. The molecule has 1 amide bonds. The molecule has 1 saturated carbocycles. The minimum atomic E-state index is -0.0875. The lowest BCUT2D eigenvalue weighted by Gasteiger charge is -2.14. The lowest BCUT2D eigenvalue weighted by atomic mass is 10.2. The number of anilines is 1. The highest BCUT2D eigenvalue weighted by Gasteiger charge is 2.19. The predicted molar refractivity (Wildman–Crippen MR) is 70.8 cm³/mol. The highest BCUT2D eigenvalue weighted by Crippen LogP contribution is 2.18. The number of carbonyl (C=O) groups is 1. The molecule has 0 unspecified atom stereocenters. The Kier molecular flexibility index (Phi) is 3.79. The first kappa shape index (κ1) is 12.8. The number of amides is 1. The van der Waals surface area contributed by atoms with Crippen LogP contribution < -0.4 is 10.2 Å². The zero-order chi connectivity index (χ0) is 13.1. The summed E-state index contributed by atoms with van der Waals surface area (Å²) in [6.45, 7) is 1.88. The van der Waals surface area contributed by atoms with Gasteiger partial charge in [-0.05, 0) is 25.8 Å². The third-order valence-corrected chi connectivity index (χ3v) is 3.17. The van der Waals surface area contributed by atoms with Gasteiger partial charge < -0.3 is 10.2 Å². The molecule has 5 nitrogen and oxygen atoms in total. The predicted octanol–water partition coefficient (Wildman–Crippen LogP) is 1.52. The van der Waals surface area contributed by atoms with E-state index in [4.69, 9.17) is 0 Å². The Labute approximate surface area is 108 Å². The van der Waals surface area contributed by atoms with E-state index in [0.29, 0.717) is 17.7 Å². The number of hydrogen-bond donors (Lipinski definition) is 1. The zero-order valence-electron chi connectivity index (χ0n) is 11.2. The van der Waals surface area contributed by atoms with Crippen molar-refractivity contribution in [2.45, 2.75) is 38.6 Å². The van der Waals surface area contributed by atoms with Gasteiger partial charge in [-0.3, -0.25) is 4.79 Å². The molecule has 1 aliphatic rings. The largest absolute Gasteiger partial charge is 0.348 e. The molecule has 2 rings (SSSR count). The van der Waals surface area contributed by atoms with Crippen LogP contribution in [0.3, 0.4) is 0 Å². The van der Waals surface area contributed by atoms with Crippen molar-refractivity contribution < 1.29 is 4.79 Å². The topological polar surface area (TPSA) is 58.1 Å². The lowest BCUT2D eigenvalue weighted by molar-refractivity contribution is 0.0932. The van der Waals surface area contributed by atoms with Crippen LogP contribution in [0.15, 0.2) is 6.07 Å². The SMILES string of the molecule is Cc1cc(C(=O)NC2CCCC2)nc(N(C)C)n1. The molecule has 0 saturated heterocycles. The van der Waals surface area contributed by atoms with E-state index in [1.807, 2.05) is 21.0 Å². The van der Waals surface area contributed by atoms with Gasteiger partial charge in [-0.25, -0.2) is 9.97 Å². The van der Waals surface area contributed by atoms with Crippen molar-refractivity contribution >= 4 is 11.9 Å². The van der Waals surface area contributed by atoms with Crippen molar-refractivity contribution in [3.63, 3.8) is 0 Å². The molecule has 98 valence electrons. The molecule has 1 fully saturated rings. The first-order valence-electron chi connectivity index (χ1n) is 6.40. The van der Waals surface area contributed by atoms with E-state index in [1.165, 1.54) is 12.8 Å². The maximum Gasteiger partial charge on any atom is 0.270 e. The van der Waals surface area contributed by atoms with Gasteiger partial charge in [0.2, 0.25) is 5.95 Å². The molecule has 1 N–H and O–H groups in total. The van der Waals surface area contributed by atoms with Gasteiger partial charge in [0, 0.05) is 25.8 Å². The molecule has 0 atom stereocenters. The fourth-order valence-electron chi connectivity index (χ4n) is 2.20. The molecule has 18 heavy (non-hydrogen) atoms. The summed E-state index contributed by atoms with van der Waals surface area (Å²) in [6, 6.07) is 2.05. The quantitative estimate of drug-likeness (QED) is 0.881. The summed E-state index contributed by atoms with van der Waals surface area (Å²) in [4.78, 5) is 22.5. The molecule has 0 aliphatic heterocycles. The van der Waals surface area contributed by atoms with Crippen LogP contribution in [0, 0.1) is 6.92 Å². The summed E-state index contributed by atoms with van der Waals surface area (Å²) < 4.78 is 0. The van der Waals surface area contributed by atoms with Gasteiger partial charge in [-0.15, -0.1) is 0 Å². The van der Waals surface area contributed by atoms with E-state index >= 15 is 0 Å². The number of nitrogens with zero attached hydrogens (tertiary/aromatic N) is 3. The number of aromatic nitrogens is 2. The van der Waals surface area contributed by atoms with Gasteiger partial charge in [0.05, 0.1) is 0 Å². The van der Waals surface area contributed by atoms with Crippen LogP contribution in [0.4, 0.5) is 5.95 Å². The molecule has 1 aromatic heterocycles. The Morgan fingerprint density at radius 3 is 2.61 bits per heavy atom. The average molecular weight is 248 g/mol. The molecule has 1 aliphatic carbocycles. The zero-order valence-corrected chi connectivity index (χ0v) is 11.2. The lowest BCUT2D eigenvalue weighted by Crippen LogP contribution is -2.33. The molecule has 0 bridgehead atoms. The van der Waals surface area contributed by atoms with Gasteiger partial charge >= 0.3 is 0 Å². The van der Waals surface area contributed by atoms with Crippen LogP contribution in [0.5, 0.6) is 0 Å². The maximum atomic E-state index is 12.1. The minimum Gasteiger partial charge on any atom is -0.348 e. The van der Waals surface area contributed by atoms with E-state index in [1.54, 1.807) is 11.0 Å². The van der Waals surface area contributed by atoms with E-state index in [-0.39, 0.29) is 5.91 Å². The Morgan fingerprint density at radius 2 is 2.00 bits per heavy atom. The highest BCUT2D eigenvalue weighted by molar-refractivity contribution is 5.92. The van der Waals surface area contributed by atoms with Crippen molar-refractivity contribution in [1.82, 2.24) is 15.3 Å². The average Bonchev–Trinajstić information content (AvgIpc) is 2.80. The van der Waals surface area contributed by atoms with Gasteiger partial charge in [0.1, 0.15) is 5.69 Å². The van der Waals surface area contributed by atoms with Gasteiger partial charge in [0.15, 0.2) is 0 Å². The molecular weight excluding hydrogens is 228 g/mol. The van der Waals surface area contributed by atoms with Gasteiger partial charge in [-0.2, -0.15) is 0 Å². The van der Waals surface area contributed by atoms with Crippen molar-refractivity contribution in [3.05, 3.63) is 17.5 Å². The van der Waals surface area contributed by atoms with Crippen LogP contribution in [-0.2, 0) is 0 Å². The normalized spacial score (nSPS) is 15.7. The molecule has 0 radical (unpaired) electrons. The van der Waals surface area contributed by atoms with Crippen molar-refractivity contribution in [2.75, 3.05) is 19.0 Å². The Balaban J connectivity index is 2.13. The molecule has 5 heteroatoms. The van der Waals surface area contributed by atoms with Crippen molar-refractivity contribution in [1.29, 1.82) is 0 Å². The second-order valence-corrected chi connectivity index (χ2v) is 5.04. The summed E-state index contributed by atoms with van der Waals surface area (Å²) in [5.41, 5.74) is 1.27. The van der Waals surface area contributed by atoms with E-state index in [0.717, 1.165) is 18.5 Å². The number of carbonyl (C=O) groups excluding carboxylic acids is 1. The summed E-state index contributed by atoms with van der Waals surface area (Å²) in [6.07, 6.45) is 4.57. The smallest absolute Gasteiger partial charge is 0.270 e. The molecular formula is C13H20N4O. The Hall–Kier alpha value is -1.65. The summed E-state index contributed by atoms with van der Waals surface area (Å²) in [5.74, 6) is 0.488. The molecule has 1 heterocycles. The second kappa shape index (κ2) is 5.33. The fourth-order valence-corrected chi connectivity index (χ4v) is 2.20. The first-order chi connectivity index (χ1) is 8.56. The second-order valence-electron chi connectivity index (χ2n) is 5.04. The third-order valence-electron chi connectivity index (χ3n) is 3.17. The minimum absolute atomic E-state index is 0.0875. The van der Waals surface area contributed by atoms with E-state index in [2.05, 4.69) is 15.3 Å². The molecule has 1 aromatic rings. The van der Waals surface area contributed by atoms with E-state index < -0.39 is 0 Å². The standard InChI is InChI=1S/C13H20N4O/c1-9-8-11(16-13(14-9)17(2)3)12(18)15-10-6-4-5-7-10/h8,10H,4-7H2,1-3H3,(H,15,18). The fraction of sp³-hybridized carbons (Fsp3) is 0.615. The van der Waals surface area contributed by atoms with Gasteiger partial charge in [-0.1, -0.05) is 12.8 Å². The van der Waals surface area contributed by atoms with Crippen LogP contribution in [0.1, 0.15) is 41.9 Å². The molecule has 0 spiro atoms. The summed E-state index contributed by atoms with van der Waals surface area (Å²) >= 11 is 0. The van der Waals surface area contributed by atoms with Crippen molar-refractivity contribution in [2.24, 2.45) is 0 Å². The van der Waals surface area contributed by atoms with E-state index in [9.17, 15) is 4.79 Å². The van der Waals surface area contributed by atoms with Crippen LogP contribution in [0.25, 0.3) is 0 Å². The summed E-state index contributed by atoms with van der Waals surface area (Å²) in [7, 11) is 3.74. The van der Waals surface area contributed by atoms with Crippen LogP contribution in [0.2, 0.25) is 0 Å². The number of nitrogens with one attached hydrogen (secondary N) is 1. The maximum absolute atomic E-state index is 12.1. The van der Waals surface area contributed by atoms with Crippen molar-refractivity contribution in [3.8, 4) is 0 Å². The molecule has 0 aromatic carbocycles. The highest BCUT2D eigenvalue weighted by atomic mass is 16.1. The van der Waals surface area contributed by atoms with Crippen LogP contribution >= 0.6 is 0 Å². The number of hydrogen-bond acceptors (Lipinski definition) is 4. The van der Waals surface area contributed by atoms with Crippen LogP contribution in [-0.4, -0.2) is 36.0 Å². The monoisotopic (exact) mass is 248 g/mol. The Morgan fingerprint density at radius 1 is 1.33 bits per heavy atom. The summed E-state index contributed by atoms with van der Waals surface area (Å²) in [5, 5.41) is 3.04.